The molecular formula is C14H14F2N2O3. The van der Waals surface area contributed by atoms with Gasteiger partial charge in [0.1, 0.15) is 12.3 Å². The molecule has 112 valence electrons. The molecule has 1 saturated heterocycles. The molecule has 2 heterocycles. The summed E-state index contributed by atoms with van der Waals surface area (Å²) in [5, 5.41) is 0. The van der Waals surface area contributed by atoms with E-state index in [0.29, 0.717) is 11.4 Å². The van der Waals surface area contributed by atoms with Gasteiger partial charge in [-0.2, -0.15) is 0 Å². The van der Waals surface area contributed by atoms with E-state index >= 15 is 0 Å². The van der Waals surface area contributed by atoms with Crippen LogP contribution in [-0.2, 0) is 0 Å². The Morgan fingerprint density at radius 2 is 2.29 bits per heavy atom. The molecule has 1 aromatic carbocycles. The van der Waals surface area contributed by atoms with Crippen LogP contribution in [0, 0.1) is 0 Å². The minimum Gasteiger partial charge on any atom is -0.482 e. The maximum atomic E-state index is 13.3. The van der Waals surface area contributed by atoms with E-state index in [2.05, 4.69) is 4.99 Å². The standard InChI is InChI=1S/C14H14F2N2O3/c15-14(16)5-2-7-18(9-14)13(19)21-11-4-1-3-10-12(11)20-8-6-17-10/h1,3-4,6H,2,5,7-9H2. The van der Waals surface area contributed by atoms with E-state index in [9.17, 15) is 13.6 Å². The quantitative estimate of drug-likeness (QED) is 0.800. The van der Waals surface area contributed by atoms with Gasteiger partial charge in [-0.1, -0.05) is 6.07 Å². The topological polar surface area (TPSA) is 51.1 Å². The van der Waals surface area contributed by atoms with E-state index in [1.807, 2.05) is 0 Å². The Morgan fingerprint density at radius 3 is 3.10 bits per heavy atom. The summed E-state index contributed by atoms with van der Waals surface area (Å²) in [6.45, 7) is -0.0638. The van der Waals surface area contributed by atoms with Crippen LogP contribution in [0.2, 0.25) is 0 Å². The molecule has 1 amide bonds. The fourth-order valence-corrected chi connectivity index (χ4v) is 2.37. The summed E-state index contributed by atoms with van der Waals surface area (Å²) in [5.74, 6) is -2.30. The summed E-state index contributed by atoms with van der Waals surface area (Å²) in [6.07, 6.45) is 0.866. The van der Waals surface area contributed by atoms with Crippen molar-refractivity contribution in [3.05, 3.63) is 18.2 Å². The zero-order chi connectivity index (χ0) is 14.9. The number of hydrogen-bond acceptors (Lipinski definition) is 4. The Morgan fingerprint density at radius 1 is 1.43 bits per heavy atom. The van der Waals surface area contributed by atoms with Gasteiger partial charge >= 0.3 is 6.09 Å². The average molecular weight is 296 g/mol. The summed E-state index contributed by atoms with van der Waals surface area (Å²) < 4.78 is 37.3. The predicted octanol–water partition coefficient (Wildman–Crippen LogP) is 3.01. The fourth-order valence-electron chi connectivity index (χ4n) is 2.37. The molecule has 1 fully saturated rings. The summed E-state index contributed by atoms with van der Waals surface area (Å²) in [7, 11) is 0. The molecule has 21 heavy (non-hydrogen) atoms. The molecule has 2 aliphatic rings. The maximum Gasteiger partial charge on any atom is 0.415 e. The summed E-state index contributed by atoms with van der Waals surface area (Å²) >= 11 is 0. The zero-order valence-corrected chi connectivity index (χ0v) is 11.2. The first-order chi connectivity index (χ1) is 10.1. The number of para-hydroxylation sites is 1. The highest BCUT2D eigenvalue weighted by Gasteiger charge is 2.38. The van der Waals surface area contributed by atoms with Gasteiger partial charge in [0, 0.05) is 19.2 Å². The Bertz CT molecular complexity index is 590. The molecule has 7 heteroatoms. The van der Waals surface area contributed by atoms with E-state index < -0.39 is 18.6 Å². The van der Waals surface area contributed by atoms with Crippen LogP contribution in [0.15, 0.2) is 23.2 Å². The lowest BCUT2D eigenvalue weighted by Gasteiger charge is -2.31. The molecule has 2 aliphatic heterocycles. The molecular weight excluding hydrogens is 282 g/mol. The van der Waals surface area contributed by atoms with Crippen molar-refractivity contribution in [3.63, 3.8) is 0 Å². The number of fused-ring (bicyclic) bond motifs is 1. The van der Waals surface area contributed by atoms with Gasteiger partial charge in [0.15, 0.2) is 11.5 Å². The normalized spacial score (nSPS) is 19.6. The Hall–Kier alpha value is -2.18. The Kier molecular flexibility index (Phi) is 3.48. The Labute approximate surface area is 120 Å². The number of likely N-dealkylation sites (tertiary alicyclic amines) is 1. The molecule has 0 aromatic heterocycles. The summed E-state index contributed by atoms with van der Waals surface area (Å²) in [6, 6.07) is 4.94. The van der Waals surface area contributed by atoms with Crippen molar-refractivity contribution < 1.29 is 23.0 Å². The van der Waals surface area contributed by atoms with Crippen LogP contribution in [0.4, 0.5) is 19.3 Å². The Balaban J connectivity index is 1.75. The number of carbonyl (C=O) groups is 1. The van der Waals surface area contributed by atoms with Crippen molar-refractivity contribution in [1.82, 2.24) is 4.90 Å². The van der Waals surface area contributed by atoms with E-state index in [1.54, 1.807) is 24.4 Å². The lowest BCUT2D eigenvalue weighted by Crippen LogP contribution is -2.46. The van der Waals surface area contributed by atoms with Crippen molar-refractivity contribution >= 4 is 18.0 Å². The third-order valence-corrected chi connectivity index (χ3v) is 3.34. The number of piperidine rings is 1. The second-order valence-electron chi connectivity index (χ2n) is 4.98. The van der Waals surface area contributed by atoms with Crippen LogP contribution < -0.4 is 9.47 Å². The number of benzene rings is 1. The highest BCUT2D eigenvalue weighted by Crippen LogP contribution is 2.39. The molecule has 0 bridgehead atoms. The van der Waals surface area contributed by atoms with Crippen LogP contribution in [0.3, 0.4) is 0 Å². The number of rotatable bonds is 1. The highest BCUT2D eigenvalue weighted by molar-refractivity contribution is 5.77. The number of amides is 1. The first-order valence-corrected chi connectivity index (χ1v) is 6.68. The number of ether oxygens (including phenoxy) is 2. The number of hydrogen-bond donors (Lipinski definition) is 0. The van der Waals surface area contributed by atoms with Gasteiger partial charge in [0.2, 0.25) is 0 Å². The van der Waals surface area contributed by atoms with Gasteiger partial charge in [-0.05, 0) is 18.6 Å². The minimum absolute atomic E-state index is 0.197. The fraction of sp³-hybridized carbons (Fsp3) is 0.429. The summed E-state index contributed by atoms with van der Waals surface area (Å²) in [4.78, 5) is 17.2. The molecule has 0 radical (unpaired) electrons. The number of halogens is 2. The third-order valence-electron chi connectivity index (χ3n) is 3.34. The first-order valence-electron chi connectivity index (χ1n) is 6.68. The summed E-state index contributed by atoms with van der Waals surface area (Å²) in [5.41, 5.74) is 0.551. The van der Waals surface area contributed by atoms with Crippen LogP contribution in [0.25, 0.3) is 0 Å². The van der Waals surface area contributed by atoms with Crippen molar-refractivity contribution in [3.8, 4) is 11.5 Å². The number of carbonyl (C=O) groups excluding carboxylic acids is 1. The van der Waals surface area contributed by atoms with Crippen LogP contribution in [-0.4, -0.2) is 42.8 Å². The van der Waals surface area contributed by atoms with Crippen molar-refractivity contribution in [2.75, 3.05) is 19.7 Å². The van der Waals surface area contributed by atoms with Gasteiger partial charge in [0.25, 0.3) is 5.92 Å². The largest absolute Gasteiger partial charge is 0.482 e. The van der Waals surface area contributed by atoms with Crippen molar-refractivity contribution in [2.45, 2.75) is 18.8 Å². The van der Waals surface area contributed by atoms with Crippen LogP contribution in [0.5, 0.6) is 11.5 Å². The van der Waals surface area contributed by atoms with E-state index in [1.165, 1.54) is 0 Å². The monoisotopic (exact) mass is 296 g/mol. The highest BCUT2D eigenvalue weighted by atomic mass is 19.3. The zero-order valence-electron chi connectivity index (χ0n) is 11.2. The lowest BCUT2D eigenvalue weighted by atomic mass is 10.1. The van der Waals surface area contributed by atoms with E-state index in [-0.39, 0.29) is 31.7 Å². The number of nitrogens with zero attached hydrogens (tertiary/aromatic N) is 2. The van der Waals surface area contributed by atoms with Crippen molar-refractivity contribution in [1.29, 1.82) is 0 Å². The van der Waals surface area contributed by atoms with Crippen LogP contribution >= 0.6 is 0 Å². The van der Waals surface area contributed by atoms with E-state index in [0.717, 1.165) is 4.90 Å². The minimum atomic E-state index is -2.85. The number of alkyl halides is 2. The van der Waals surface area contributed by atoms with Gasteiger partial charge < -0.3 is 14.4 Å². The molecule has 3 rings (SSSR count). The number of aliphatic imine (C=N–C) groups is 1. The first kappa shape index (κ1) is 13.8. The van der Waals surface area contributed by atoms with Gasteiger partial charge in [-0.25, -0.2) is 13.6 Å². The van der Waals surface area contributed by atoms with Crippen molar-refractivity contribution in [2.24, 2.45) is 4.99 Å². The molecule has 5 nitrogen and oxygen atoms in total. The molecule has 0 N–H and O–H groups in total. The SMILES string of the molecule is O=C(Oc1cccc2c1OCC=N2)N1CCCC(F)(F)C1. The van der Waals surface area contributed by atoms with Crippen LogP contribution in [0.1, 0.15) is 12.8 Å². The average Bonchev–Trinajstić information content (AvgIpc) is 2.46. The second kappa shape index (κ2) is 5.31. The maximum absolute atomic E-state index is 13.3. The smallest absolute Gasteiger partial charge is 0.415 e. The molecule has 0 aliphatic carbocycles. The molecule has 0 unspecified atom stereocenters. The molecule has 0 spiro atoms. The molecule has 0 saturated carbocycles. The molecule has 0 atom stereocenters. The van der Waals surface area contributed by atoms with Gasteiger partial charge in [-0.3, -0.25) is 4.99 Å². The van der Waals surface area contributed by atoms with Gasteiger partial charge in [-0.15, -0.1) is 0 Å². The van der Waals surface area contributed by atoms with Gasteiger partial charge in [0.05, 0.1) is 6.54 Å². The van der Waals surface area contributed by atoms with E-state index in [4.69, 9.17) is 9.47 Å². The lowest BCUT2D eigenvalue weighted by molar-refractivity contribution is -0.0565. The molecule has 1 aromatic rings. The predicted molar refractivity (Wildman–Crippen MR) is 71.9 cm³/mol. The third kappa shape index (κ3) is 2.96. The second-order valence-corrected chi connectivity index (χ2v) is 4.98.